The van der Waals surface area contributed by atoms with Crippen molar-refractivity contribution in [2.45, 2.75) is 19.4 Å². The Bertz CT molecular complexity index is 953. The Hall–Kier alpha value is -3.35. The fourth-order valence-electron chi connectivity index (χ4n) is 3.22. The van der Waals surface area contributed by atoms with Gasteiger partial charge in [-0.05, 0) is 31.5 Å². The molecule has 2 aliphatic heterocycles. The summed E-state index contributed by atoms with van der Waals surface area (Å²) in [5.74, 6) is 0.329. The van der Waals surface area contributed by atoms with Gasteiger partial charge in [0, 0.05) is 5.56 Å². The average Bonchev–Trinajstić information content (AvgIpc) is 3.20. The molecule has 1 atom stereocenters. The van der Waals surface area contributed by atoms with Gasteiger partial charge >= 0.3 is 6.03 Å². The van der Waals surface area contributed by atoms with Gasteiger partial charge in [0.2, 0.25) is 6.79 Å². The zero-order valence-electron chi connectivity index (χ0n) is 14.9. The molecule has 0 aliphatic carbocycles. The number of rotatable bonds is 4. The zero-order valence-corrected chi connectivity index (χ0v) is 14.9. The number of amides is 3. The second kappa shape index (κ2) is 6.12. The first kappa shape index (κ1) is 17.1. The summed E-state index contributed by atoms with van der Waals surface area (Å²) in [6, 6.07) is 11.5. The third kappa shape index (κ3) is 2.81. The van der Waals surface area contributed by atoms with Crippen LogP contribution >= 0.6 is 0 Å². The fraction of sp³-hybridized carbons (Fsp3) is 0.250. The van der Waals surface area contributed by atoms with Gasteiger partial charge in [0.05, 0.1) is 6.54 Å². The van der Waals surface area contributed by atoms with Crippen molar-refractivity contribution >= 4 is 17.7 Å². The summed E-state index contributed by atoms with van der Waals surface area (Å²) in [5, 5.41) is 2.69. The summed E-state index contributed by atoms with van der Waals surface area (Å²) < 4.78 is 10.6. The third-order valence-electron chi connectivity index (χ3n) is 4.90. The van der Waals surface area contributed by atoms with Crippen molar-refractivity contribution in [3.05, 3.63) is 59.2 Å². The molecule has 0 aromatic heterocycles. The van der Waals surface area contributed by atoms with Gasteiger partial charge < -0.3 is 14.8 Å². The summed E-state index contributed by atoms with van der Waals surface area (Å²) in [6.07, 6.45) is 0. The van der Waals surface area contributed by atoms with Crippen LogP contribution in [0.2, 0.25) is 0 Å². The van der Waals surface area contributed by atoms with Crippen LogP contribution in [0.3, 0.4) is 0 Å². The van der Waals surface area contributed by atoms with E-state index < -0.39 is 17.5 Å². The molecule has 1 fully saturated rings. The largest absolute Gasteiger partial charge is 0.454 e. The minimum Gasteiger partial charge on any atom is -0.454 e. The van der Waals surface area contributed by atoms with E-state index in [2.05, 4.69) is 5.32 Å². The molecule has 7 nitrogen and oxygen atoms in total. The van der Waals surface area contributed by atoms with E-state index in [1.165, 1.54) is 0 Å². The number of carbonyl (C=O) groups is 3. The van der Waals surface area contributed by atoms with Gasteiger partial charge in [0.1, 0.15) is 5.54 Å². The Balaban J connectivity index is 1.58. The normalized spacial score (nSPS) is 20.7. The molecule has 0 radical (unpaired) electrons. The first-order chi connectivity index (χ1) is 12.9. The van der Waals surface area contributed by atoms with E-state index in [0.29, 0.717) is 22.6 Å². The molecule has 1 N–H and O–H groups in total. The Morgan fingerprint density at radius 3 is 2.56 bits per heavy atom. The average molecular weight is 366 g/mol. The van der Waals surface area contributed by atoms with Crippen LogP contribution in [0.4, 0.5) is 4.79 Å². The second-order valence-electron chi connectivity index (χ2n) is 6.80. The number of imide groups is 1. The molecule has 2 aromatic carbocycles. The summed E-state index contributed by atoms with van der Waals surface area (Å²) in [7, 11) is 0. The van der Waals surface area contributed by atoms with Gasteiger partial charge in [0.25, 0.3) is 5.91 Å². The fourth-order valence-corrected chi connectivity index (χ4v) is 3.22. The lowest BCUT2D eigenvalue weighted by molar-refractivity contribution is -0.130. The van der Waals surface area contributed by atoms with E-state index in [1.54, 1.807) is 37.3 Å². The number of carbonyl (C=O) groups excluding carboxylic acids is 3. The molecule has 0 spiro atoms. The van der Waals surface area contributed by atoms with E-state index in [1.807, 2.05) is 19.1 Å². The van der Waals surface area contributed by atoms with Crippen LogP contribution < -0.4 is 14.8 Å². The van der Waals surface area contributed by atoms with Crippen molar-refractivity contribution in [1.29, 1.82) is 0 Å². The molecular weight excluding hydrogens is 348 g/mol. The maximum atomic E-state index is 13.0. The number of ketones is 1. The molecule has 2 aromatic rings. The quantitative estimate of drug-likeness (QED) is 0.663. The molecule has 0 bridgehead atoms. The molecule has 4 rings (SSSR count). The van der Waals surface area contributed by atoms with E-state index in [-0.39, 0.29) is 19.1 Å². The van der Waals surface area contributed by atoms with Crippen LogP contribution in [-0.2, 0) is 10.3 Å². The van der Waals surface area contributed by atoms with E-state index in [0.717, 1.165) is 10.5 Å². The summed E-state index contributed by atoms with van der Waals surface area (Å²) in [6.45, 7) is 3.34. The molecular formula is C20H18N2O5. The minimum atomic E-state index is -1.27. The Labute approximate surface area is 155 Å². The van der Waals surface area contributed by atoms with Gasteiger partial charge in [-0.25, -0.2) is 4.79 Å². The number of ether oxygens (including phenoxy) is 2. The molecule has 1 unspecified atom stereocenters. The number of fused-ring (bicyclic) bond motifs is 1. The van der Waals surface area contributed by atoms with Crippen LogP contribution in [0, 0.1) is 6.92 Å². The molecule has 2 aliphatic rings. The number of hydrogen-bond donors (Lipinski definition) is 1. The highest BCUT2D eigenvalue weighted by molar-refractivity contribution is 6.11. The van der Waals surface area contributed by atoms with Crippen molar-refractivity contribution in [1.82, 2.24) is 10.2 Å². The number of urea groups is 1. The molecule has 2 heterocycles. The SMILES string of the molecule is Cc1ccc(C(=O)CN2C(=O)NC(C)(c3ccc4c(c3)OCO4)C2=O)cc1. The number of Topliss-reactive ketones (excluding diaryl/α,β-unsaturated/α-hetero) is 1. The van der Waals surface area contributed by atoms with Gasteiger partial charge in [-0.1, -0.05) is 35.9 Å². The summed E-state index contributed by atoms with van der Waals surface area (Å²) >= 11 is 0. The first-order valence-electron chi connectivity index (χ1n) is 8.52. The van der Waals surface area contributed by atoms with Crippen molar-refractivity contribution < 1.29 is 23.9 Å². The lowest BCUT2D eigenvalue weighted by Crippen LogP contribution is -2.41. The summed E-state index contributed by atoms with van der Waals surface area (Å²) in [4.78, 5) is 38.8. The van der Waals surface area contributed by atoms with E-state index in [9.17, 15) is 14.4 Å². The number of hydrogen-bond acceptors (Lipinski definition) is 5. The zero-order chi connectivity index (χ0) is 19.2. The smallest absolute Gasteiger partial charge is 0.325 e. The molecule has 27 heavy (non-hydrogen) atoms. The second-order valence-corrected chi connectivity index (χ2v) is 6.80. The van der Waals surface area contributed by atoms with Crippen molar-refractivity contribution in [2.24, 2.45) is 0 Å². The highest BCUT2D eigenvalue weighted by Gasteiger charge is 2.49. The van der Waals surface area contributed by atoms with Crippen molar-refractivity contribution in [3.63, 3.8) is 0 Å². The van der Waals surface area contributed by atoms with E-state index in [4.69, 9.17) is 9.47 Å². The highest BCUT2D eigenvalue weighted by Crippen LogP contribution is 2.37. The number of nitrogens with one attached hydrogen (secondary N) is 1. The van der Waals surface area contributed by atoms with Crippen LogP contribution in [0.5, 0.6) is 11.5 Å². The molecule has 3 amide bonds. The lowest BCUT2D eigenvalue weighted by Gasteiger charge is -2.22. The van der Waals surface area contributed by atoms with Crippen LogP contribution in [-0.4, -0.2) is 36.0 Å². The number of aryl methyl sites for hydroxylation is 1. The monoisotopic (exact) mass is 366 g/mol. The maximum Gasteiger partial charge on any atom is 0.325 e. The number of benzene rings is 2. The maximum absolute atomic E-state index is 13.0. The van der Waals surface area contributed by atoms with Gasteiger partial charge in [-0.3, -0.25) is 14.5 Å². The van der Waals surface area contributed by atoms with Gasteiger partial charge in [-0.2, -0.15) is 0 Å². The third-order valence-corrected chi connectivity index (χ3v) is 4.90. The predicted octanol–water partition coefficient (Wildman–Crippen LogP) is 2.37. The molecule has 0 saturated carbocycles. The van der Waals surface area contributed by atoms with Crippen LogP contribution in [0.1, 0.15) is 28.4 Å². The predicted molar refractivity (Wildman–Crippen MR) is 95.7 cm³/mol. The molecule has 7 heteroatoms. The Morgan fingerprint density at radius 2 is 1.81 bits per heavy atom. The van der Waals surface area contributed by atoms with Crippen molar-refractivity contribution in [2.75, 3.05) is 13.3 Å². The van der Waals surface area contributed by atoms with Gasteiger partial charge in [-0.15, -0.1) is 0 Å². The lowest BCUT2D eigenvalue weighted by atomic mass is 9.91. The standard InChI is InChI=1S/C20H18N2O5/c1-12-3-5-13(6-4-12)15(23)10-22-18(24)20(2,21-19(22)25)14-7-8-16-17(9-14)27-11-26-16/h3-9H,10-11H2,1-2H3,(H,21,25). The van der Waals surface area contributed by atoms with Crippen LogP contribution in [0.25, 0.3) is 0 Å². The van der Waals surface area contributed by atoms with E-state index >= 15 is 0 Å². The highest BCUT2D eigenvalue weighted by atomic mass is 16.7. The topological polar surface area (TPSA) is 84.9 Å². The first-order valence-corrected chi connectivity index (χ1v) is 8.52. The van der Waals surface area contributed by atoms with Crippen LogP contribution in [0.15, 0.2) is 42.5 Å². The number of nitrogens with zero attached hydrogens (tertiary/aromatic N) is 1. The summed E-state index contributed by atoms with van der Waals surface area (Å²) in [5.41, 5.74) is 0.774. The Morgan fingerprint density at radius 1 is 1.11 bits per heavy atom. The molecule has 138 valence electrons. The van der Waals surface area contributed by atoms with Crippen molar-refractivity contribution in [3.8, 4) is 11.5 Å². The Kier molecular flexibility index (Phi) is 3.87. The minimum absolute atomic E-state index is 0.118. The molecule has 1 saturated heterocycles. The van der Waals surface area contributed by atoms with Gasteiger partial charge in [0.15, 0.2) is 17.3 Å².